The lowest BCUT2D eigenvalue weighted by molar-refractivity contribution is -0.121. The normalized spacial score (nSPS) is 23.7. The quantitative estimate of drug-likeness (QED) is 0.843. The van der Waals surface area contributed by atoms with Gasteiger partial charge in [-0.15, -0.1) is 0 Å². The van der Waals surface area contributed by atoms with Crippen molar-refractivity contribution < 1.29 is 4.79 Å². The number of anilines is 1. The maximum Gasteiger partial charge on any atom is 0.227 e. The monoisotopic (exact) mass is 311 g/mol. The number of pyridine rings is 1. The Balaban J connectivity index is 1.87. The van der Waals surface area contributed by atoms with Gasteiger partial charge in [-0.2, -0.15) is 0 Å². The second-order valence-electron chi connectivity index (χ2n) is 4.81. The summed E-state index contributed by atoms with van der Waals surface area (Å²) in [6, 6.07) is 3.67. The van der Waals surface area contributed by atoms with Crippen LogP contribution in [0, 0.1) is 11.8 Å². The standard InChI is InChI=1S/C13H18BrN3O/c14-12-6-5-11(8-16-12)17-13(18)10-3-1-9(7-15)2-4-10/h5-6,8-10H,1-4,7,15H2,(H,17,18). The van der Waals surface area contributed by atoms with E-state index in [1.54, 1.807) is 6.20 Å². The van der Waals surface area contributed by atoms with Crippen LogP contribution in [-0.2, 0) is 4.79 Å². The molecule has 1 aromatic heterocycles. The summed E-state index contributed by atoms with van der Waals surface area (Å²) in [6.07, 6.45) is 5.67. The van der Waals surface area contributed by atoms with E-state index in [2.05, 4.69) is 26.2 Å². The van der Waals surface area contributed by atoms with Crippen LogP contribution < -0.4 is 11.1 Å². The maximum atomic E-state index is 12.1. The molecular weight excluding hydrogens is 294 g/mol. The van der Waals surface area contributed by atoms with Crippen molar-refractivity contribution in [3.63, 3.8) is 0 Å². The number of nitrogens with two attached hydrogens (primary N) is 1. The van der Waals surface area contributed by atoms with E-state index in [1.807, 2.05) is 12.1 Å². The largest absolute Gasteiger partial charge is 0.330 e. The van der Waals surface area contributed by atoms with Gasteiger partial charge in [-0.05, 0) is 66.2 Å². The molecule has 1 heterocycles. The van der Waals surface area contributed by atoms with Crippen LogP contribution in [0.5, 0.6) is 0 Å². The highest BCUT2D eigenvalue weighted by Gasteiger charge is 2.25. The molecule has 1 fully saturated rings. The topological polar surface area (TPSA) is 68.0 Å². The minimum Gasteiger partial charge on any atom is -0.330 e. The van der Waals surface area contributed by atoms with Crippen molar-refractivity contribution in [3.8, 4) is 0 Å². The third-order valence-corrected chi connectivity index (χ3v) is 4.01. The van der Waals surface area contributed by atoms with Gasteiger partial charge in [0.05, 0.1) is 11.9 Å². The smallest absolute Gasteiger partial charge is 0.227 e. The zero-order valence-corrected chi connectivity index (χ0v) is 11.8. The van der Waals surface area contributed by atoms with Crippen molar-refractivity contribution in [1.29, 1.82) is 0 Å². The van der Waals surface area contributed by atoms with E-state index >= 15 is 0 Å². The molecule has 0 aliphatic heterocycles. The summed E-state index contributed by atoms with van der Waals surface area (Å²) in [5.74, 6) is 0.828. The molecule has 0 aromatic carbocycles. The molecule has 1 amide bonds. The summed E-state index contributed by atoms with van der Waals surface area (Å²) in [4.78, 5) is 16.2. The second-order valence-corrected chi connectivity index (χ2v) is 5.62. The van der Waals surface area contributed by atoms with Crippen LogP contribution in [0.15, 0.2) is 22.9 Å². The lowest BCUT2D eigenvalue weighted by Crippen LogP contribution is -2.29. The fourth-order valence-corrected chi connectivity index (χ4v) is 2.59. The van der Waals surface area contributed by atoms with Gasteiger partial charge in [0.25, 0.3) is 0 Å². The van der Waals surface area contributed by atoms with E-state index in [9.17, 15) is 4.79 Å². The van der Waals surface area contributed by atoms with Gasteiger partial charge < -0.3 is 11.1 Å². The molecule has 1 aliphatic rings. The number of carbonyl (C=O) groups excluding carboxylic acids is 1. The van der Waals surface area contributed by atoms with Crippen LogP contribution in [-0.4, -0.2) is 17.4 Å². The summed E-state index contributed by atoms with van der Waals surface area (Å²) in [5.41, 5.74) is 6.40. The fraction of sp³-hybridized carbons (Fsp3) is 0.538. The molecule has 5 heteroatoms. The lowest BCUT2D eigenvalue weighted by Gasteiger charge is -2.26. The Labute approximate surface area is 115 Å². The Morgan fingerprint density at radius 2 is 2.11 bits per heavy atom. The molecule has 0 unspecified atom stereocenters. The average Bonchev–Trinajstić information content (AvgIpc) is 2.41. The highest BCUT2D eigenvalue weighted by Crippen LogP contribution is 2.29. The zero-order valence-electron chi connectivity index (χ0n) is 10.2. The third kappa shape index (κ3) is 3.53. The summed E-state index contributed by atoms with van der Waals surface area (Å²) in [6.45, 7) is 0.741. The van der Waals surface area contributed by atoms with Crippen molar-refractivity contribution in [2.75, 3.05) is 11.9 Å². The molecule has 0 bridgehead atoms. The van der Waals surface area contributed by atoms with E-state index in [0.717, 1.165) is 42.5 Å². The molecule has 2 rings (SSSR count). The van der Waals surface area contributed by atoms with Crippen LogP contribution >= 0.6 is 15.9 Å². The molecule has 0 spiro atoms. The molecule has 98 valence electrons. The number of carbonyl (C=O) groups is 1. The van der Waals surface area contributed by atoms with Crippen LogP contribution in [0.25, 0.3) is 0 Å². The summed E-state index contributed by atoms with van der Waals surface area (Å²) < 4.78 is 0.768. The number of rotatable bonds is 3. The Kier molecular flexibility index (Phi) is 4.72. The Morgan fingerprint density at radius 1 is 1.39 bits per heavy atom. The van der Waals surface area contributed by atoms with Crippen molar-refractivity contribution in [2.24, 2.45) is 17.6 Å². The summed E-state index contributed by atoms with van der Waals surface area (Å²) >= 11 is 3.27. The predicted octanol–water partition coefficient (Wildman–Crippen LogP) is 2.55. The Morgan fingerprint density at radius 3 is 2.67 bits per heavy atom. The van der Waals surface area contributed by atoms with Crippen molar-refractivity contribution in [2.45, 2.75) is 25.7 Å². The first-order chi connectivity index (χ1) is 8.69. The molecule has 0 radical (unpaired) electrons. The van der Waals surface area contributed by atoms with Crippen LogP contribution in [0.4, 0.5) is 5.69 Å². The van der Waals surface area contributed by atoms with Gasteiger partial charge in [0.2, 0.25) is 5.91 Å². The second kappa shape index (κ2) is 6.29. The van der Waals surface area contributed by atoms with E-state index < -0.39 is 0 Å². The molecule has 1 aliphatic carbocycles. The van der Waals surface area contributed by atoms with Gasteiger partial charge in [-0.25, -0.2) is 4.98 Å². The first kappa shape index (κ1) is 13.5. The summed E-state index contributed by atoms with van der Waals surface area (Å²) in [5, 5.41) is 2.92. The number of nitrogens with one attached hydrogen (secondary N) is 1. The summed E-state index contributed by atoms with van der Waals surface area (Å²) in [7, 11) is 0. The van der Waals surface area contributed by atoms with Crippen LogP contribution in [0.2, 0.25) is 0 Å². The molecule has 18 heavy (non-hydrogen) atoms. The molecule has 0 atom stereocenters. The van der Waals surface area contributed by atoms with E-state index in [4.69, 9.17) is 5.73 Å². The highest BCUT2D eigenvalue weighted by molar-refractivity contribution is 9.10. The molecule has 4 nitrogen and oxygen atoms in total. The van der Waals surface area contributed by atoms with E-state index in [-0.39, 0.29) is 11.8 Å². The van der Waals surface area contributed by atoms with Crippen molar-refractivity contribution in [3.05, 3.63) is 22.9 Å². The lowest BCUT2D eigenvalue weighted by atomic mass is 9.81. The number of nitrogens with zero attached hydrogens (tertiary/aromatic N) is 1. The van der Waals surface area contributed by atoms with Crippen LogP contribution in [0.1, 0.15) is 25.7 Å². The molecule has 0 saturated heterocycles. The predicted molar refractivity (Wildman–Crippen MR) is 75.1 cm³/mol. The van der Waals surface area contributed by atoms with Crippen molar-refractivity contribution >= 4 is 27.5 Å². The highest BCUT2D eigenvalue weighted by atomic mass is 79.9. The third-order valence-electron chi connectivity index (χ3n) is 3.55. The molecule has 3 N–H and O–H groups in total. The van der Waals surface area contributed by atoms with E-state index in [1.165, 1.54) is 0 Å². The Hall–Kier alpha value is -0.940. The van der Waals surface area contributed by atoms with Crippen LogP contribution in [0.3, 0.4) is 0 Å². The minimum atomic E-state index is 0.106. The SMILES string of the molecule is NCC1CCC(C(=O)Nc2ccc(Br)nc2)CC1. The van der Waals surface area contributed by atoms with Crippen molar-refractivity contribution in [1.82, 2.24) is 4.98 Å². The number of amides is 1. The average molecular weight is 312 g/mol. The van der Waals surface area contributed by atoms with Gasteiger partial charge in [0.15, 0.2) is 0 Å². The number of halogens is 1. The first-order valence-corrected chi connectivity index (χ1v) is 7.11. The van der Waals surface area contributed by atoms with Gasteiger partial charge in [0, 0.05) is 5.92 Å². The van der Waals surface area contributed by atoms with E-state index in [0.29, 0.717) is 5.92 Å². The Bertz CT molecular complexity index is 399. The van der Waals surface area contributed by atoms with Gasteiger partial charge in [-0.3, -0.25) is 4.79 Å². The number of hydrogen-bond donors (Lipinski definition) is 2. The minimum absolute atomic E-state index is 0.106. The fourth-order valence-electron chi connectivity index (χ4n) is 2.35. The molecule has 1 aromatic rings. The van der Waals surface area contributed by atoms with Gasteiger partial charge in [-0.1, -0.05) is 0 Å². The van der Waals surface area contributed by atoms with Gasteiger partial charge >= 0.3 is 0 Å². The van der Waals surface area contributed by atoms with Gasteiger partial charge in [0.1, 0.15) is 4.60 Å². The zero-order chi connectivity index (χ0) is 13.0. The molecular formula is C13H18BrN3O. The number of hydrogen-bond acceptors (Lipinski definition) is 3. The molecule has 1 saturated carbocycles. The number of aromatic nitrogens is 1. The maximum absolute atomic E-state index is 12.1. The first-order valence-electron chi connectivity index (χ1n) is 6.31.